The Balaban J connectivity index is 1.89. The van der Waals surface area contributed by atoms with Gasteiger partial charge in [-0.1, -0.05) is 0 Å². The van der Waals surface area contributed by atoms with Gasteiger partial charge in [0.15, 0.2) is 0 Å². The van der Waals surface area contributed by atoms with Gasteiger partial charge in [0.05, 0.1) is 0 Å². The molecule has 4 heteroatoms. The summed E-state index contributed by atoms with van der Waals surface area (Å²) in [6, 6.07) is 0. The molecule has 2 atom stereocenters. The van der Waals surface area contributed by atoms with E-state index in [9.17, 15) is 4.79 Å². The molecule has 2 aliphatic rings. The molecule has 80 valence electrons. The van der Waals surface area contributed by atoms with Crippen molar-refractivity contribution < 1.29 is 9.53 Å². The van der Waals surface area contributed by atoms with Gasteiger partial charge in [-0.2, -0.15) is 0 Å². The molecular weight excluding hydrogens is 180 g/mol. The summed E-state index contributed by atoms with van der Waals surface area (Å²) in [6.07, 6.45) is 0.835. The zero-order valence-corrected chi connectivity index (χ0v) is 9.04. The van der Waals surface area contributed by atoms with E-state index in [0.717, 1.165) is 13.0 Å². The van der Waals surface area contributed by atoms with E-state index in [1.165, 1.54) is 0 Å². The predicted octanol–water partition coefficient (Wildman–Crippen LogP) is 0.955. The quantitative estimate of drug-likeness (QED) is 0.630. The van der Waals surface area contributed by atoms with Crippen molar-refractivity contribution >= 4 is 6.09 Å². The molecule has 0 bridgehead atoms. The standard InChI is InChI=1S/C10H18N2O2/c1-9(2,3)14-8(13)12-5-7-4-10(7,11)6-12/h7H,4-6,11H2,1-3H3/t7-,10+/m0/s1. The van der Waals surface area contributed by atoms with Crippen molar-refractivity contribution in [3.8, 4) is 0 Å². The van der Waals surface area contributed by atoms with Crippen LogP contribution in [0.3, 0.4) is 0 Å². The highest BCUT2D eigenvalue weighted by molar-refractivity contribution is 5.69. The van der Waals surface area contributed by atoms with E-state index in [-0.39, 0.29) is 11.6 Å². The minimum atomic E-state index is -0.411. The number of piperidine rings is 1. The molecule has 1 saturated heterocycles. The number of carbonyl (C=O) groups excluding carboxylic acids is 1. The summed E-state index contributed by atoms with van der Waals surface area (Å²) < 4.78 is 5.27. The van der Waals surface area contributed by atoms with Crippen LogP contribution < -0.4 is 5.73 Å². The molecule has 0 aromatic carbocycles. The summed E-state index contributed by atoms with van der Waals surface area (Å²) in [6.45, 7) is 7.05. The number of nitrogens with zero attached hydrogens (tertiary/aromatic N) is 1. The van der Waals surface area contributed by atoms with Crippen molar-refractivity contribution in [3.05, 3.63) is 0 Å². The van der Waals surface area contributed by atoms with Crippen LogP contribution in [0, 0.1) is 5.92 Å². The number of ether oxygens (including phenoxy) is 1. The van der Waals surface area contributed by atoms with E-state index in [4.69, 9.17) is 10.5 Å². The molecule has 0 aromatic heterocycles. The molecule has 1 saturated carbocycles. The largest absolute Gasteiger partial charge is 0.444 e. The number of amides is 1. The molecule has 2 fully saturated rings. The molecule has 1 aliphatic heterocycles. The number of rotatable bonds is 0. The highest BCUT2D eigenvalue weighted by Gasteiger charge is 2.58. The smallest absolute Gasteiger partial charge is 0.410 e. The number of likely N-dealkylation sites (tertiary alicyclic amines) is 1. The molecule has 0 spiro atoms. The summed E-state index contributed by atoms with van der Waals surface area (Å²) in [5, 5.41) is 0. The number of nitrogens with two attached hydrogens (primary N) is 1. The zero-order valence-electron chi connectivity index (χ0n) is 9.04. The lowest BCUT2D eigenvalue weighted by molar-refractivity contribution is 0.0271. The molecule has 0 aromatic rings. The SMILES string of the molecule is CC(C)(C)OC(=O)N1C[C@@H]2C[C@@]2(N)C1. The monoisotopic (exact) mass is 198 g/mol. The lowest BCUT2D eigenvalue weighted by Gasteiger charge is -2.25. The maximum atomic E-state index is 11.6. The Kier molecular flexibility index (Phi) is 1.83. The zero-order chi connectivity index (χ0) is 10.6. The van der Waals surface area contributed by atoms with Crippen LogP contribution >= 0.6 is 0 Å². The first-order valence-electron chi connectivity index (χ1n) is 5.07. The lowest BCUT2D eigenvalue weighted by atomic mass is 10.2. The van der Waals surface area contributed by atoms with Gasteiger partial charge >= 0.3 is 6.09 Å². The second-order valence-electron chi connectivity index (χ2n) is 5.50. The second-order valence-corrected chi connectivity index (χ2v) is 5.50. The Bertz CT molecular complexity index is 272. The van der Waals surface area contributed by atoms with Crippen molar-refractivity contribution in [2.75, 3.05) is 13.1 Å². The van der Waals surface area contributed by atoms with Crippen molar-refractivity contribution in [2.45, 2.75) is 38.3 Å². The van der Waals surface area contributed by atoms with Crippen LogP contribution in [0.5, 0.6) is 0 Å². The van der Waals surface area contributed by atoms with Gasteiger partial charge < -0.3 is 15.4 Å². The fraction of sp³-hybridized carbons (Fsp3) is 0.900. The third kappa shape index (κ3) is 1.71. The van der Waals surface area contributed by atoms with Gasteiger partial charge in [0.2, 0.25) is 0 Å². The molecule has 0 radical (unpaired) electrons. The molecular formula is C10H18N2O2. The van der Waals surface area contributed by atoms with Crippen molar-refractivity contribution in [1.82, 2.24) is 4.90 Å². The van der Waals surface area contributed by atoms with E-state index in [0.29, 0.717) is 12.5 Å². The molecule has 14 heavy (non-hydrogen) atoms. The molecule has 2 rings (SSSR count). The van der Waals surface area contributed by atoms with Crippen LogP contribution in [0.25, 0.3) is 0 Å². The minimum Gasteiger partial charge on any atom is -0.444 e. The van der Waals surface area contributed by atoms with E-state index in [2.05, 4.69) is 0 Å². The first-order chi connectivity index (χ1) is 6.30. The summed E-state index contributed by atoms with van der Waals surface area (Å²) in [5.74, 6) is 0.509. The van der Waals surface area contributed by atoms with E-state index in [1.807, 2.05) is 20.8 Å². The molecule has 4 nitrogen and oxygen atoms in total. The maximum absolute atomic E-state index is 11.6. The Morgan fingerprint density at radius 3 is 2.64 bits per heavy atom. The van der Waals surface area contributed by atoms with E-state index < -0.39 is 5.60 Å². The van der Waals surface area contributed by atoms with Crippen LogP contribution in [-0.2, 0) is 4.74 Å². The van der Waals surface area contributed by atoms with Crippen LogP contribution in [0.4, 0.5) is 4.79 Å². The number of hydrogen-bond donors (Lipinski definition) is 1. The number of fused-ring (bicyclic) bond motifs is 1. The average Bonchev–Trinajstić information content (AvgIpc) is 2.47. The molecule has 2 N–H and O–H groups in total. The highest BCUT2D eigenvalue weighted by Crippen LogP contribution is 2.47. The lowest BCUT2D eigenvalue weighted by Crippen LogP contribution is -2.40. The van der Waals surface area contributed by atoms with Crippen molar-refractivity contribution in [2.24, 2.45) is 11.7 Å². The fourth-order valence-corrected chi connectivity index (χ4v) is 1.99. The third-order valence-electron chi connectivity index (χ3n) is 2.86. The maximum Gasteiger partial charge on any atom is 0.410 e. The predicted molar refractivity (Wildman–Crippen MR) is 52.8 cm³/mol. The molecule has 1 aliphatic carbocycles. The molecule has 0 unspecified atom stereocenters. The van der Waals surface area contributed by atoms with Gasteiger partial charge in [-0.3, -0.25) is 0 Å². The van der Waals surface area contributed by atoms with Crippen LogP contribution in [0.1, 0.15) is 27.2 Å². The summed E-state index contributed by atoms with van der Waals surface area (Å²) in [4.78, 5) is 13.3. The number of carbonyl (C=O) groups is 1. The third-order valence-corrected chi connectivity index (χ3v) is 2.86. The highest BCUT2D eigenvalue weighted by atomic mass is 16.6. The topological polar surface area (TPSA) is 55.6 Å². The van der Waals surface area contributed by atoms with Crippen molar-refractivity contribution in [1.29, 1.82) is 0 Å². The Morgan fingerprint density at radius 1 is 1.57 bits per heavy atom. The fourth-order valence-electron chi connectivity index (χ4n) is 1.99. The second kappa shape index (κ2) is 2.63. The Morgan fingerprint density at radius 2 is 2.21 bits per heavy atom. The Hall–Kier alpha value is -0.770. The van der Waals surface area contributed by atoms with E-state index in [1.54, 1.807) is 4.90 Å². The van der Waals surface area contributed by atoms with Gasteiger partial charge in [-0.25, -0.2) is 4.79 Å². The van der Waals surface area contributed by atoms with Crippen LogP contribution in [0.15, 0.2) is 0 Å². The molecule has 1 heterocycles. The first-order valence-corrected chi connectivity index (χ1v) is 5.07. The summed E-state index contributed by atoms with van der Waals surface area (Å²) in [7, 11) is 0. The van der Waals surface area contributed by atoms with Crippen LogP contribution in [-0.4, -0.2) is 35.2 Å². The number of hydrogen-bond acceptors (Lipinski definition) is 3. The van der Waals surface area contributed by atoms with Gasteiger partial charge in [0, 0.05) is 18.6 Å². The van der Waals surface area contributed by atoms with Gasteiger partial charge in [0.1, 0.15) is 5.60 Å². The average molecular weight is 198 g/mol. The summed E-state index contributed by atoms with van der Waals surface area (Å²) in [5.41, 5.74) is 5.50. The summed E-state index contributed by atoms with van der Waals surface area (Å²) >= 11 is 0. The molecule has 1 amide bonds. The van der Waals surface area contributed by atoms with Gasteiger partial charge in [-0.15, -0.1) is 0 Å². The van der Waals surface area contributed by atoms with E-state index >= 15 is 0 Å². The minimum absolute atomic E-state index is 0.0864. The van der Waals surface area contributed by atoms with Crippen LogP contribution in [0.2, 0.25) is 0 Å². The van der Waals surface area contributed by atoms with Gasteiger partial charge in [-0.05, 0) is 33.1 Å². The van der Waals surface area contributed by atoms with Crippen molar-refractivity contribution in [3.63, 3.8) is 0 Å². The first kappa shape index (κ1) is 9.77. The Labute approximate surface area is 84.4 Å². The normalized spacial score (nSPS) is 35.4. The van der Waals surface area contributed by atoms with Gasteiger partial charge in [0.25, 0.3) is 0 Å².